The summed E-state index contributed by atoms with van der Waals surface area (Å²) in [5.41, 5.74) is 2.29. The van der Waals surface area contributed by atoms with E-state index in [1.54, 1.807) is 24.3 Å². The SMILES string of the molecule is COc1cc(/C=C2\SC(=O)N(CC(=O)Nc3ccc(C(C)C)cc3)C2=O)ccc1OCC(=O)Nc1cccc([N+](=O)[O-])c1. The number of non-ortho nitro benzene ring substituents is 1. The van der Waals surface area contributed by atoms with E-state index in [1.807, 2.05) is 12.1 Å². The molecule has 0 bridgehead atoms. The monoisotopic (exact) mass is 604 g/mol. The molecule has 43 heavy (non-hydrogen) atoms. The smallest absolute Gasteiger partial charge is 0.294 e. The molecule has 1 fully saturated rings. The third-order valence-electron chi connectivity index (χ3n) is 6.22. The minimum atomic E-state index is -0.600. The number of hydrogen-bond donors (Lipinski definition) is 2. The molecule has 4 amide bonds. The van der Waals surface area contributed by atoms with E-state index in [1.165, 1.54) is 43.5 Å². The summed E-state index contributed by atoms with van der Waals surface area (Å²) in [5, 5.41) is 15.6. The second-order valence-corrected chi connectivity index (χ2v) is 10.6. The maximum absolute atomic E-state index is 12.9. The van der Waals surface area contributed by atoms with Crippen molar-refractivity contribution in [1.29, 1.82) is 0 Å². The van der Waals surface area contributed by atoms with Crippen LogP contribution in [0.4, 0.5) is 21.9 Å². The lowest BCUT2D eigenvalue weighted by molar-refractivity contribution is -0.384. The summed E-state index contributed by atoms with van der Waals surface area (Å²) >= 11 is 0.717. The van der Waals surface area contributed by atoms with Crippen LogP contribution in [0.15, 0.2) is 71.6 Å². The van der Waals surface area contributed by atoms with Crippen molar-refractivity contribution in [3.05, 3.63) is 92.9 Å². The lowest BCUT2D eigenvalue weighted by atomic mass is 10.0. The molecular formula is C30H28N4O8S. The Hall–Kier alpha value is -5.17. The highest BCUT2D eigenvalue weighted by Gasteiger charge is 2.36. The van der Waals surface area contributed by atoms with Gasteiger partial charge in [-0.2, -0.15) is 0 Å². The molecule has 12 nitrogen and oxygen atoms in total. The summed E-state index contributed by atoms with van der Waals surface area (Å²) in [6, 6.07) is 17.6. The van der Waals surface area contributed by atoms with Crippen LogP contribution >= 0.6 is 11.8 Å². The maximum atomic E-state index is 12.9. The first-order valence-corrected chi connectivity index (χ1v) is 13.9. The first kappa shape index (κ1) is 30.8. The van der Waals surface area contributed by atoms with E-state index in [-0.39, 0.29) is 27.8 Å². The molecule has 3 aromatic carbocycles. The zero-order valence-electron chi connectivity index (χ0n) is 23.5. The molecule has 0 unspecified atom stereocenters. The van der Waals surface area contributed by atoms with Gasteiger partial charge in [0.1, 0.15) is 6.54 Å². The molecule has 4 rings (SSSR count). The predicted molar refractivity (Wildman–Crippen MR) is 162 cm³/mol. The molecule has 222 valence electrons. The molecule has 13 heteroatoms. The Morgan fingerprint density at radius 1 is 0.977 bits per heavy atom. The van der Waals surface area contributed by atoms with Gasteiger partial charge in [-0.1, -0.05) is 38.1 Å². The van der Waals surface area contributed by atoms with E-state index >= 15 is 0 Å². The predicted octanol–water partition coefficient (Wildman–Crippen LogP) is 5.42. The molecular weight excluding hydrogens is 576 g/mol. The fraction of sp³-hybridized carbons (Fsp3) is 0.200. The van der Waals surface area contributed by atoms with Gasteiger partial charge in [-0.25, -0.2) is 0 Å². The number of anilines is 2. The van der Waals surface area contributed by atoms with Gasteiger partial charge in [-0.3, -0.25) is 34.2 Å². The van der Waals surface area contributed by atoms with Gasteiger partial charge in [-0.15, -0.1) is 0 Å². The summed E-state index contributed by atoms with van der Waals surface area (Å²) in [5.74, 6) is -0.802. The zero-order chi connectivity index (χ0) is 31.1. The van der Waals surface area contributed by atoms with Gasteiger partial charge in [0.05, 0.1) is 16.9 Å². The van der Waals surface area contributed by atoms with Crippen LogP contribution in [0.2, 0.25) is 0 Å². The highest BCUT2D eigenvalue weighted by atomic mass is 32.2. The molecule has 0 aromatic heterocycles. The Bertz CT molecular complexity index is 1600. The van der Waals surface area contributed by atoms with Crippen molar-refractivity contribution in [1.82, 2.24) is 4.90 Å². The largest absolute Gasteiger partial charge is 0.493 e. The quantitative estimate of drug-likeness (QED) is 0.166. The number of nitrogens with zero attached hydrogens (tertiary/aromatic N) is 2. The van der Waals surface area contributed by atoms with Crippen molar-refractivity contribution in [3.63, 3.8) is 0 Å². The number of amides is 4. The van der Waals surface area contributed by atoms with Crippen molar-refractivity contribution in [2.45, 2.75) is 19.8 Å². The molecule has 0 atom stereocenters. The Kier molecular flexibility index (Phi) is 9.78. The van der Waals surface area contributed by atoms with Crippen LogP contribution in [0.3, 0.4) is 0 Å². The number of benzene rings is 3. The number of ether oxygens (including phenoxy) is 2. The summed E-state index contributed by atoms with van der Waals surface area (Å²) in [7, 11) is 1.40. The number of rotatable bonds is 11. The minimum absolute atomic E-state index is 0.131. The van der Waals surface area contributed by atoms with Gasteiger partial charge in [-0.05, 0) is 65.2 Å². The molecule has 0 aliphatic carbocycles. The maximum Gasteiger partial charge on any atom is 0.294 e. The average Bonchev–Trinajstić information content (AvgIpc) is 3.23. The Balaban J connectivity index is 1.36. The number of nitro groups is 1. The van der Waals surface area contributed by atoms with Gasteiger partial charge in [0.25, 0.3) is 22.7 Å². The normalized spacial score (nSPS) is 13.8. The van der Waals surface area contributed by atoms with Gasteiger partial charge < -0.3 is 20.1 Å². The third-order valence-corrected chi connectivity index (χ3v) is 7.13. The van der Waals surface area contributed by atoms with Gasteiger partial charge in [0.2, 0.25) is 5.91 Å². The first-order chi connectivity index (χ1) is 20.5. The van der Waals surface area contributed by atoms with Crippen LogP contribution in [0.5, 0.6) is 11.5 Å². The topological polar surface area (TPSA) is 157 Å². The number of imide groups is 1. The van der Waals surface area contributed by atoms with E-state index in [0.29, 0.717) is 28.9 Å². The number of hydrogen-bond acceptors (Lipinski definition) is 9. The molecule has 3 aromatic rings. The number of carbonyl (C=O) groups is 4. The zero-order valence-corrected chi connectivity index (χ0v) is 24.3. The van der Waals surface area contributed by atoms with Crippen LogP contribution in [-0.4, -0.2) is 53.0 Å². The molecule has 0 radical (unpaired) electrons. The second kappa shape index (κ2) is 13.7. The molecule has 1 aliphatic rings. The van der Waals surface area contributed by atoms with Crippen molar-refractivity contribution in [2.24, 2.45) is 0 Å². The van der Waals surface area contributed by atoms with Crippen molar-refractivity contribution < 1.29 is 33.6 Å². The number of nitro benzene ring substituents is 1. The number of methoxy groups -OCH3 is 1. The van der Waals surface area contributed by atoms with E-state index in [9.17, 15) is 29.3 Å². The van der Waals surface area contributed by atoms with Crippen LogP contribution in [-0.2, 0) is 14.4 Å². The number of carbonyl (C=O) groups excluding carboxylic acids is 4. The van der Waals surface area contributed by atoms with Crippen molar-refractivity contribution in [3.8, 4) is 11.5 Å². The van der Waals surface area contributed by atoms with Crippen LogP contribution in [0, 0.1) is 10.1 Å². The van der Waals surface area contributed by atoms with Crippen LogP contribution in [0.25, 0.3) is 6.08 Å². The fourth-order valence-corrected chi connectivity index (χ4v) is 4.85. The average molecular weight is 605 g/mol. The Morgan fingerprint density at radius 2 is 1.70 bits per heavy atom. The number of nitrogens with one attached hydrogen (secondary N) is 2. The summed E-state index contributed by atoms with van der Waals surface area (Å²) in [4.78, 5) is 61.7. The highest BCUT2D eigenvalue weighted by molar-refractivity contribution is 8.18. The number of thioether (sulfide) groups is 1. The van der Waals surface area contributed by atoms with Crippen molar-refractivity contribution in [2.75, 3.05) is 30.9 Å². The Labute approximate surface area is 251 Å². The standard InChI is InChI=1S/C30H28N4O8S/c1-18(2)20-8-10-21(11-9-20)31-27(35)16-33-29(37)26(43-30(33)38)14-19-7-12-24(25(13-19)41-3)42-17-28(36)32-22-5-4-6-23(15-22)34(39)40/h4-15,18H,16-17H2,1-3H3,(H,31,35)(H,32,36)/b26-14-. The van der Waals surface area contributed by atoms with Crippen LogP contribution < -0.4 is 20.1 Å². The summed E-state index contributed by atoms with van der Waals surface area (Å²) < 4.78 is 10.9. The first-order valence-electron chi connectivity index (χ1n) is 13.0. The second-order valence-electron chi connectivity index (χ2n) is 9.65. The van der Waals surface area contributed by atoms with Crippen LogP contribution in [0.1, 0.15) is 30.9 Å². The summed E-state index contributed by atoms with van der Waals surface area (Å²) in [6.45, 7) is 3.30. The van der Waals surface area contributed by atoms with E-state index in [4.69, 9.17) is 9.47 Å². The molecule has 2 N–H and O–H groups in total. The molecule has 0 saturated carbocycles. The van der Waals surface area contributed by atoms with Gasteiger partial charge >= 0.3 is 0 Å². The Morgan fingerprint density at radius 3 is 2.37 bits per heavy atom. The van der Waals surface area contributed by atoms with E-state index < -0.39 is 41.0 Å². The third kappa shape index (κ3) is 7.98. The highest BCUT2D eigenvalue weighted by Crippen LogP contribution is 2.34. The molecule has 1 saturated heterocycles. The van der Waals surface area contributed by atoms with Gasteiger partial charge in [0.15, 0.2) is 18.1 Å². The molecule has 1 heterocycles. The van der Waals surface area contributed by atoms with E-state index in [0.717, 1.165) is 10.5 Å². The lowest BCUT2D eigenvalue weighted by Crippen LogP contribution is -2.36. The molecule has 0 spiro atoms. The lowest BCUT2D eigenvalue weighted by Gasteiger charge is -2.13. The summed E-state index contributed by atoms with van der Waals surface area (Å²) in [6.07, 6.45) is 1.49. The van der Waals surface area contributed by atoms with E-state index in [2.05, 4.69) is 24.5 Å². The molecule has 1 aliphatic heterocycles. The fourth-order valence-electron chi connectivity index (χ4n) is 4.01. The van der Waals surface area contributed by atoms with Gasteiger partial charge in [0, 0.05) is 23.5 Å². The van der Waals surface area contributed by atoms with Crippen molar-refractivity contribution >= 4 is 57.9 Å². The minimum Gasteiger partial charge on any atom is -0.493 e.